The Morgan fingerprint density at radius 1 is 0.941 bits per heavy atom. The van der Waals surface area contributed by atoms with Crippen LogP contribution in [0.5, 0.6) is 5.75 Å². The van der Waals surface area contributed by atoms with Gasteiger partial charge in [0.05, 0.1) is 0 Å². The molecule has 1 rings (SSSR count). The van der Waals surface area contributed by atoms with Gasteiger partial charge in [-0.1, -0.05) is 63.5 Å². The zero-order valence-electron chi connectivity index (χ0n) is 11.7. The molecule has 1 aromatic rings. The summed E-state index contributed by atoms with van der Waals surface area (Å²) < 4.78 is 0. The van der Waals surface area contributed by atoms with Crippen LogP contribution < -0.4 is 0 Å². The summed E-state index contributed by atoms with van der Waals surface area (Å²) in [5.41, 5.74) is 3.58. The summed E-state index contributed by atoms with van der Waals surface area (Å²) in [5.74, 6) is 0.409. The number of hydrogen-bond donors (Lipinski definition) is 1. The Balaban J connectivity index is 3.67. The van der Waals surface area contributed by atoms with E-state index in [2.05, 4.69) is 57.5 Å². The minimum Gasteiger partial charge on any atom is -0.508 e. The van der Waals surface area contributed by atoms with Crippen molar-refractivity contribution in [3.63, 3.8) is 0 Å². The molecule has 0 radical (unpaired) electrons. The second-order valence-electron chi connectivity index (χ2n) is 6.63. The Morgan fingerprint density at radius 3 is 1.76 bits per heavy atom. The Labute approximate surface area is 113 Å². The second-order valence-corrected chi connectivity index (χ2v) is 7.19. The van der Waals surface area contributed by atoms with Crippen LogP contribution in [-0.2, 0) is 16.2 Å². The number of phenolic OH excluding ortho intramolecular Hbond substituents is 1. The van der Waals surface area contributed by atoms with Crippen LogP contribution in [-0.4, -0.2) is 5.11 Å². The summed E-state index contributed by atoms with van der Waals surface area (Å²) >= 11 is 3.54. The van der Waals surface area contributed by atoms with E-state index in [0.717, 1.165) is 10.9 Å². The largest absolute Gasteiger partial charge is 0.508 e. The SMILES string of the molecule is CC(C)(C)c1c(O)ccc(CBr)c1C(C)(C)C. The molecule has 0 unspecified atom stereocenters. The van der Waals surface area contributed by atoms with Gasteiger partial charge in [-0.2, -0.15) is 0 Å². The van der Waals surface area contributed by atoms with Crippen LogP contribution in [0.2, 0.25) is 0 Å². The molecule has 0 heterocycles. The Bertz CT molecular complexity index is 408. The van der Waals surface area contributed by atoms with E-state index in [9.17, 15) is 5.11 Å². The predicted octanol–water partition coefficient (Wildman–Crippen LogP) is 4.88. The molecule has 17 heavy (non-hydrogen) atoms. The molecule has 0 aromatic heterocycles. The topological polar surface area (TPSA) is 20.2 Å². The van der Waals surface area contributed by atoms with Gasteiger partial charge >= 0.3 is 0 Å². The van der Waals surface area contributed by atoms with Crippen LogP contribution in [0.1, 0.15) is 58.2 Å². The summed E-state index contributed by atoms with van der Waals surface area (Å²) in [6.45, 7) is 13.0. The molecule has 1 nitrogen and oxygen atoms in total. The highest BCUT2D eigenvalue weighted by Crippen LogP contribution is 2.41. The van der Waals surface area contributed by atoms with Crippen LogP contribution in [0.4, 0.5) is 0 Å². The van der Waals surface area contributed by atoms with Crippen molar-refractivity contribution in [1.29, 1.82) is 0 Å². The molecule has 0 aliphatic rings. The van der Waals surface area contributed by atoms with Gasteiger partial charge in [0.15, 0.2) is 0 Å². The monoisotopic (exact) mass is 298 g/mol. The molecule has 0 fully saturated rings. The highest BCUT2D eigenvalue weighted by molar-refractivity contribution is 9.08. The lowest BCUT2D eigenvalue weighted by Gasteiger charge is -2.32. The van der Waals surface area contributed by atoms with Crippen LogP contribution in [0.15, 0.2) is 12.1 Å². The van der Waals surface area contributed by atoms with Crippen molar-refractivity contribution in [3.05, 3.63) is 28.8 Å². The van der Waals surface area contributed by atoms with Gasteiger partial charge in [0.25, 0.3) is 0 Å². The normalized spacial score (nSPS) is 12.9. The molecule has 1 aromatic carbocycles. The summed E-state index contributed by atoms with van der Waals surface area (Å²) in [7, 11) is 0. The third kappa shape index (κ3) is 3.04. The predicted molar refractivity (Wildman–Crippen MR) is 78.1 cm³/mol. The molecule has 96 valence electrons. The first-order chi connectivity index (χ1) is 7.59. The summed E-state index contributed by atoms with van der Waals surface area (Å²) in [5, 5.41) is 11.0. The number of alkyl halides is 1. The lowest BCUT2D eigenvalue weighted by atomic mass is 9.73. The molecule has 0 bridgehead atoms. The summed E-state index contributed by atoms with van der Waals surface area (Å²) in [6, 6.07) is 3.83. The van der Waals surface area contributed by atoms with Gasteiger partial charge in [-0.25, -0.2) is 0 Å². The van der Waals surface area contributed by atoms with Gasteiger partial charge in [0, 0.05) is 10.9 Å². The Hall–Kier alpha value is -0.500. The third-order valence-electron chi connectivity index (χ3n) is 2.91. The van der Waals surface area contributed by atoms with E-state index in [0.29, 0.717) is 5.75 Å². The molecule has 0 atom stereocenters. The lowest BCUT2D eigenvalue weighted by Crippen LogP contribution is -2.23. The first-order valence-electron chi connectivity index (χ1n) is 6.01. The molecule has 0 spiro atoms. The quantitative estimate of drug-likeness (QED) is 0.733. The van der Waals surface area contributed by atoms with Crippen molar-refractivity contribution in [1.82, 2.24) is 0 Å². The van der Waals surface area contributed by atoms with Crippen LogP contribution in [0.25, 0.3) is 0 Å². The van der Waals surface area contributed by atoms with Crippen molar-refractivity contribution in [2.75, 3.05) is 0 Å². The highest BCUT2D eigenvalue weighted by atomic mass is 79.9. The maximum atomic E-state index is 10.2. The molecule has 0 aliphatic carbocycles. The zero-order chi connectivity index (χ0) is 13.4. The number of benzene rings is 1. The van der Waals surface area contributed by atoms with E-state index in [4.69, 9.17) is 0 Å². The Kier molecular flexibility index (Phi) is 3.97. The van der Waals surface area contributed by atoms with E-state index < -0.39 is 0 Å². The fraction of sp³-hybridized carbons (Fsp3) is 0.600. The van der Waals surface area contributed by atoms with E-state index in [1.807, 2.05) is 12.1 Å². The molecule has 0 saturated heterocycles. The van der Waals surface area contributed by atoms with Gasteiger partial charge in [0.2, 0.25) is 0 Å². The van der Waals surface area contributed by atoms with Crippen molar-refractivity contribution in [2.45, 2.75) is 57.7 Å². The fourth-order valence-corrected chi connectivity index (χ4v) is 2.83. The first-order valence-corrected chi connectivity index (χ1v) is 7.13. The van der Waals surface area contributed by atoms with Crippen molar-refractivity contribution in [3.8, 4) is 5.75 Å². The second kappa shape index (κ2) is 4.64. The van der Waals surface area contributed by atoms with Crippen LogP contribution >= 0.6 is 15.9 Å². The molecule has 0 aliphatic heterocycles. The molecule has 0 amide bonds. The van der Waals surface area contributed by atoms with Gasteiger partial charge < -0.3 is 5.11 Å². The van der Waals surface area contributed by atoms with Gasteiger partial charge in [-0.3, -0.25) is 0 Å². The van der Waals surface area contributed by atoms with E-state index in [-0.39, 0.29) is 10.8 Å². The highest BCUT2D eigenvalue weighted by Gasteiger charge is 2.29. The fourth-order valence-electron chi connectivity index (χ4n) is 2.36. The molecular formula is C15H23BrO. The summed E-state index contributed by atoms with van der Waals surface area (Å²) in [4.78, 5) is 0. The van der Waals surface area contributed by atoms with E-state index >= 15 is 0 Å². The smallest absolute Gasteiger partial charge is 0.119 e. The zero-order valence-corrected chi connectivity index (χ0v) is 13.3. The summed E-state index contributed by atoms with van der Waals surface area (Å²) in [6.07, 6.45) is 0. The van der Waals surface area contributed by atoms with Crippen LogP contribution in [0, 0.1) is 0 Å². The molecular weight excluding hydrogens is 276 g/mol. The minimum absolute atomic E-state index is 0.0322. The third-order valence-corrected chi connectivity index (χ3v) is 3.52. The lowest BCUT2D eigenvalue weighted by molar-refractivity contribution is 0.434. The van der Waals surface area contributed by atoms with Crippen molar-refractivity contribution < 1.29 is 5.11 Å². The average Bonchev–Trinajstić information content (AvgIpc) is 2.13. The van der Waals surface area contributed by atoms with Gasteiger partial charge in [-0.05, 0) is 28.0 Å². The Morgan fingerprint density at radius 2 is 1.41 bits per heavy atom. The van der Waals surface area contributed by atoms with E-state index in [1.165, 1.54) is 11.1 Å². The standard InChI is InChI=1S/C15H23BrO/c1-14(2,3)12-10(9-16)7-8-11(17)13(12)15(4,5)6/h7-8,17H,9H2,1-6H3. The average molecular weight is 299 g/mol. The number of phenols is 1. The van der Waals surface area contributed by atoms with Crippen molar-refractivity contribution in [2.24, 2.45) is 0 Å². The maximum Gasteiger partial charge on any atom is 0.119 e. The molecule has 2 heteroatoms. The van der Waals surface area contributed by atoms with E-state index in [1.54, 1.807) is 0 Å². The van der Waals surface area contributed by atoms with Crippen molar-refractivity contribution >= 4 is 15.9 Å². The van der Waals surface area contributed by atoms with Gasteiger partial charge in [0.1, 0.15) is 5.75 Å². The number of aromatic hydroxyl groups is 1. The first kappa shape index (κ1) is 14.6. The van der Waals surface area contributed by atoms with Crippen LogP contribution in [0.3, 0.4) is 0 Å². The minimum atomic E-state index is -0.0507. The number of rotatable bonds is 1. The molecule has 1 N–H and O–H groups in total. The van der Waals surface area contributed by atoms with Gasteiger partial charge in [-0.15, -0.1) is 0 Å². The number of hydrogen-bond acceptors (Lipinski definition) is 1. The number of halogens is 1. The molecule has 0 saturated carbocycles. The maximum absolute atomic E-state index is 10.2.